The van der Waals surface area contributed by atoms with E-state index in [-0.39, 0.29) is 53.1 Å². The van der Waals surface area contributed by atoms with Crippen LogP contribution in [0.1, 0.15) is 63.5 Å². The molecule has 0 unspecified atom stereocenters. The zero-order valence-corrected chi connectivity index (χ0v) is 26.1. The van der Waals surface area contributed by atoms with E-state index < -0.39 is 31.0 Å². The molecule has 0 aliphatic heterocycles. The maximum absolute atomic E-state index is 12.7. The molecule has 0 aromatic heterocycles. The molecule has 0 atom stereocenters. The van der Waals surface area contributed by atoms with Crippen molar-refractivity contribution >= 4 is 29.2 Å². The van der Waals surface area contributed by atoms with Crippen LogP contribution in [0.15, 0.2) is 54.1 Å². The Bertz CT molecular complexity index is 1090. The van der Waals surface area contributed by atoms with Gasteiger partial charge in [0.05, 0.1) is 6.42 Å². The van der Waals surface area contributed by atoms with Crippen molar-refractivity contribution in [3.63, 3.8) is 0 Å². The molecule has 6 nitrogen and oxygen atoms in total. The van der Waals surface area contributed by atoms with Crippen molar-refractivity contribution in [2.45, 2.75) is 58.5 Å². The molecule has 0 aliphatic carbocycles. The summed E-state index contributed by atoms with van der Waals surface area (Å²) in [5, 5.41) is 29.0. The van der Waals surface area contributed by atoms with Gasteiger partial charge in [-0.25, -0.2) is 10.4 Å². The Balaban J connectivity index is 0.00000144. The molecule has 214 valence electrons. The Morgan fingerprint density at radius 2 is 1.73 bits per heavy atom. The number of amides is 2. The quantitative estimate of drug-likeness (QED) is 0.129. The zero-order chi connectivity index (χ0) is 29.4. The van der Waals surface area contributed by atoms with E-state index in [0.29, 0.717) is 23.3 Å². The summed E-state index contributed by atoms with van der Waals surface area (Å²) in [5.41, 5.74) is 1.92. The van der Waals surface area contributed by atoms with E-state index in [1.807, 2.05) is 38.1 Å². The molecule has 0 fully saturated rings. The SMILES string of the molecule is CCC[C-]=C(CCCC)C(=N)CNC(=O)N(CCC(F)(F)F)C(=N)c1ccc(O)cc1.[CH2-]c1ccccc1Cl.[Na+]. The van der Waals surface area contributed by atoms with Crippen LogP contribution in [0.25, 0.3) is 0 Å². The number of nitrogens with one attached hydrogen (secondary N) is 3. The van der Waals surface area contributed by atoms with Crippen LogP contribution in [0.5, 0.6) is 5.75 Å². The van der Waals surface area contributed by atoms with Gasteiger partial charge in [0.25, 0.3) is 0 Å². The number of carbonyl (C=O) groups is 1. The third-order valence-corrected chi connectivity index (χ3v) is 5.75. The fourth-order valence-electron chi connectivity index (χ4n) is 3.17. The Hall–Kier alpha value is -2.46. The van der Waals surface area contributed by atoms with Crippen LogP contribution in [0.2, 0.25) is 5.02 Å². The summed E-state index contributed by atoms with van der Waals surface area (Å²) in [5.74, 6) is -0.487. The molecule has 0 radical (unpaired) electrons. The number of allylic oxidation sites excluding steroid dienone is 1. The number of unbranched alkanes of at least 4 members (excludes halogenated alkanes) is 2. The van der Waals surface area contributed by atoms with Gasteiger partial charge in [0, 0.05) is 12.1 Å². The molecule has 0 heterocycles. The van der Waals surface area contributed by atoms with E-state index in [9.17, 15) is 23.1 Å². The van der Waals surface area contributed by atoms with Gasteiger partial charge in [-0.3, -0.25) is 16.4 Å². The Labute approximate surface area is 262 Å². The molecule has 2 rings (SSSR count). The number of hydrogen-bond acceptors (Lipinski definition) is 4. The molecule has 0 aliphatic rings. The van der Waals surface area contributed by atoms with Crippen LogP contribution in [0.4, 0.5) is 18.0 Å². The molecule has 0 spiro atoms. The van der Waals surface area contributed by atoms with Gasteiger partial charge in [0.1, 0.15) is 11.6 Å². The van der Waals surface area contributed by atoms with Gasteiger partial charge in [-0.05, 0) is 30.8 Å². The number of nitrogens with zero attached hydrogens (tertiary/aromatic N) is 1. The average molecular weight is 588 g/mol. The van der Waals surface area contributed by atoms with Gasteiger partial charge in [-0.15, -0.1) is 18.6 Å². The van der Waals surface area contributed by atoms with E-state index in [1.54, 1.807) is 0 Å². The van der Waals surface area contributed by atoms with Crippen molar-refractivity contribution in [3.05, 3.63) is 83.3 Å². The third-order valence-electron chi connectivity index (χ3n) is 5.38. The summed E-state index contributed by atoms with van der Waals surface area (Å²) < 4.78 is 38.2. The number of amidine groups is 1. The summed E-state index contributed by atoms with van der Waals surface area (Å²) in [7, 11) is 0. The van der Waals surface area contributed by atoms with Gasteiger partial charge in [0.15, 0.2) is 0 Å². The minimum atomic E-state index is -4.49. The number of carbonyl (C=O) groups excluding carboxylic acids is 1. The second-order valence-corrected chi connectivity index (χ2v) is 9.06. The van der Waals surface area contributed by atoms with E-state index in [2.05, 4.69) is 18.3 Å². The fraction of sp³-hybridized carbons (Fsp3) is 0.379. The number of hydrogen-bond donors (Lipinski definition) is 4. The molecule has 0 saturated carbocycles. The Kier molecular flexibility index (Phi) is 18.4. The summed E-state index contributed by atoms with van der Waals surface area (Å²) in [4.78, 5) is 13.3. The topological polar surface area (TPSA) is 100 Å². The number of rotatable bonds is 11. The summed E-state index contributed by atoms with van der Waals surface area (Å²) in [6.45, 7) is 6.80. The first-order valence-corrected chi connectivity index (χ1v) is 13.0. The molecular formula is C29H36ClF3N4NaO2-. The van der Waals surface area contributed by atoms with Gasteiger partial charge < -0.3 is 15.8 Å². The number of benzene rings is 2. The smallest absolute Gasteiger partial charge is 0.508 e. The van der Waals surface area contributed by atoms with E-state index in [1.165, 1.54) is 24.3 Å². The van der Waals surface area contributed by atoms with Crippen molar-refractivity contribution in [1.82, 2.24) is 10.2 Å². The summed E-state index contributed by atoms with van der Waals surface area (Å²) in [6, 6.07) is 11.9. The number of phenolic OH excluding ortho intramolecular Hbond substituents is 1. The monoisotopic (exact) mass is 587 g/mol. The molecule has 4 N–H and O–H groups in total. The van der Waals surface area contributed by atoms with Crippen molar-refractivity contribution in [3.8, 4) is 5.75 Å². The van der Waals surface area contributed by atoms with Crippen molar-refractivity contribution in [2.24, 2.45) is 0 Å². The molecule has 2 amide bonds. The normalized spacial score (nSPS) is 11.0. The second kappa shape index (κ2) is 19.6. The molecule has 0 saturated heterocycles. The van der Waals surface area contributed by atoms with Crippen LogP contribution in [0, 0.1) is 23.8 Å². The van der Waals surface area contributed by atoms with Gasteiger partial charge in [-0.1, -0.05) is 56.3 Å². The molecule has 2 aromatic carbocycles. The van der Waals surface area contributed by atoms with Crippen molar-refractivity contribution < 1.29 is 52.6 Å². The molecule has 40 heavy (non-hydrogen) atoms. The third kappa shape index (κ3) is 14.8. The molecule has 0 bridgehead atoms. The average Bonchev–Trinajstić information content (AvgIpc) is 2.89. The summed E-state index contributed by atoms with van der Waals surface area (Å²) >= 11 is 5.65. The maximum Gasteiger partial charge on any atom is 1.00 e. The Morgan fingerprint density at radius 1 is 1.10 bits per heavy atom. The first kappa shape index (κ1) is 37.5. The van der Waals surface area contributed by atoms with Gasteiger partial charge in [0.2, 0.25) is 0 Å². The minimum Gasteiger partial charge on any atom is -0.508 e. The number of phenols is 1. The standard InChI is InChI=1S/C22H30F3N4O2.C7H6Cl.Na/c1-3-5-7-16(8-6-4-2)19(26)15-28-21(31)29(14-13-22(23,24)25)20(27)17-9-11-18(30)12-10-17;1-6-4-2-3-5-7(6)8;/h9-12,26-27,30H,3-7,13-15H2,1-2H3,(H,28,31);2-5H,1H2;/q2*-1;+1. The summed E-state index contributed by atoms with van der Waals surface area (Å²) in [6.07, 6.45) is 1.39. The fourth-order valence-corrected chi connectivity index (χ4v) is 3.30. The van der Waals surface area contributed by atoms with Crippen LogP contribution >= 0.6 is 11.6 Å². The number of urea groups is 1. The van der Waals surface area contributed by atoms with E-state index >= 15 is 0 Å². The number of alkyl halides is 3. The van der Waals surface area contributed by atoms with E-state index in [0.717, 1.165) is 29.8 Å². The van der Waals surface area contributed by atoms with Gasteiger partial charge in [-0.2, -0.15) is 43.3 Å². The predicted octanol–water partition coefficient (Wildman–Crippen LogP) is 4.95. The second-order valence-electron chi connectivity index (χ2n) is 8.65. The predicted molar refractivity (Wildman–Crippen MR) is 151 cm³/mol. The van der Waals surface area contributed by atoms with E-state index in [4.69, 9.17) is 22.4 Å². The minimum absolute atomic E-state index is 0. The molecule has 11 heteroatoms. The van der Waals surface area contributed by atoms with Crippen molar-refractivity contribution in [2.75, 3.05) is 13.1 Å². The first-order valence-electron chi connectivity index (χ1n) is 12.6. The van der Waals surface area contributed by atoms with Crippen LogP contribution < -0.4 is 34.9 Å². The van der Waals surface area contributed by atoms with Gasteiger partial charge >= 0.3 is 41.8 Å². The molecular weight excluding hydrogens is 552 g/mol. The maximum atomic E-state index is 12.7. The zero-order valence-electron chi connectivity index (χ0n) is 23.3. The number of halogens is 4. The van der Waals surface area contributed by atoms with Crippen LogP contribution in [0.3, 0.4) is 0 Å². The van der Waals surface area contributed by atoms with Crippen molar-refractivity contribution in [1.29, 1.82) is 10.8 Å². The first-order chi connectivity index (χ1) is 18.4. The van der Waals surface area contributed by atoms with Crippen LogP contribution in [-0.2, 0) is 0 Å². The van der Waals surface area contributed by atoms with Crippen LogP contribution in [-0.4, -0.2) is 46.9 Å². The Morgan fingerprint density at radius 3 is 2.23 bits per heavy atom. The largest absolute Gasteiger partial charge is 1.00 e. The number of aromatic hydroxyl groups is 1. The molecule has 2 aromatic rings.